The van der Waals surface area contributed by atoms with E-state index in [4.69, 9.17) is 4.74 Å². The number of amides is 1. The molecule has 0 spiro atoms. The Labute approximate surface area is 134 Å². The van der Waals surface area contributed by atoms with Gasteiger partial charge in [0.25, 0.3) is 0 Å². The lowest BCUT2D eigenvalue weighted by atomic mass is 9.91. The van der Waals surface area contributed by atoms with Gasteiger partial charge in [0, 0.05) is 13.1 Å². The summed E-state index contributed by atoms with van der Waals surface area (Å²) in [6, 6.07) is 0. The number of hydrogen-bond donors (Lipinski definition) is 0. The highest BCUT2D eigenvalue weighted by Gasteiger charge is 2.36. The van der Waals surface area contributed by atoms with Crippen LogP contribution in [-0.4, -0.2) is 55.5 Å². The van der Waals surface area contributed by atoms with E-state index in [9.17, 15) is 13.2 Å². The number of morpholine rings is 1. The summed E-state index contributed by atoms with van der Waals surface area (Å²) in [6.45, 7) is 6.33. The first-order valence-electron chi connectivity index (χ1n) is 8.45. The molecule has 0 bridgehead atoms. The van der Waals surface area contributed by atoms with Gasteiger partial charge in [-0.1, -0.05) is 19.3 Å². The maximum atomic E-state index is 12.6. The molecule has 1 amide bonds. The van der Waals surface area contributed by atoms with Crippen molar-refractivity contribution in [3.8, 4) is 0 Å². The Bertz CT molecular complexity index is 474. The van der Waals surface area contributed by atoms with Gasteiger partial charge in [-0.25, -0.2) is 8.42 Å². The Morgan fingerprint density at radius 3 is 2.23 bits per heavy atom. The van der Waals surface area contributed by atoms with Gasteiger partial charge < -0.3 is 9.64 Å². The van der Waals surface area contributed by atoms with Gasteiger partial charge in [0.05, 0.1) is 18.0 Å². The number of rotatable bonds is 4. The van der Waals surface area contributed by atoms with Gasteiger partial charge in [0.1, 0.15) is 5.25 Å². The van der Waals surface area contributed by atoms with Crippen LogP contribution in [0.3, 0.4) is 0 Å². The van der Waals surface area contributed by atoms with Gasteiger partial charge >= 0.3 is 0 Å². The van der Waals surface area contributed by atoms with Crippen LogP contribution < -0.4 is 0 Å². The molecule has 1 saturated heterocycles. The van der Waals surface area contributed by atoms with Crippen LogP contribution in [0.2, 0.25) is 0 Å². The van der Waals surface area contributed by atoms with E-state index >= 15 is 0 Å². The van der Waals surface area contributed by atoms with E-state index in [1.54, 1.807) is 11.8 Å². The fourth-order valence-corrected chi connectivity index (χ4v) is 5.33. The fourth-order valence-electron chi connectivity index (χ4n) is 3.60. The zero-order valence-electron chi connectivity index (χ0n) is 14.0. The SMILES string of the molecule is CC1CN(C(=O)C(C)S(=O)(=O)CC2CCCCC2)CC(C)O1. The highest BCUT2D eigenvalue weighted by molar-refractivity contribution is 7.92. The Kier molecular flexibility index (Phi) is 5.88. The van der Waals surface area contributed by atoms with E-state index in [1.165, 1.54) is 6.42 Å². The standard InChI is InChI=1S/C16H29NO4S/c1-12-9-17(10-13(2)21-12)16(18)14(3)22(19,20)11-15-7-5-4-6-8-15/h12-15H,4-11H2,1-3H3. The van der Waals surface area contributed by atoms with Gasteiger partial charge in [-0.2, -0.15) is 0 Å². The van der Waals surface area contributed by atoms with Crippen molar-refractivity contribution in [2.75, 3.05) is 18.8 Å². The summed E-state index contributed by atoms with van der Waals surface area (Å²) in [6.07, 6.45) is 5.30. The Morgan fingerprint density at radius 1 is 1.14 bits per heavy atom. The van der Waals surface area contributed by atoms with Gasteiger partial charge in [-0.15, -0.1) is 0 Å². The molecular weight excluding hydrogens is 302 g/mol. The van der Waals surface area contributed by atoms with Crippen LogP contribution in [0.25, 0.3) is 0 Å². The summed E-state index contributed by atoms with van der Waals surface area (Å²) in [5, 5.41) is -0.938. The first kappa shape index (κ1) is 17.7. The second-order valence-electron chi connectivity index (χ2n) is 6.98. The molecule has 0 radical (unpaired) electrons. The quantitative estimate of drug-likeness (QED) is 0.790. The van der Waals surface area contributed by atoms with Gasteiger partial charge in [-0.05, 0) is 39.5 Å². The summed E-state index contributed by atoms with van der Waals surface area (Å²) in [4.78, 5) is 14.2. The molecule has 1 aliphatic heterocycles. The number of nitrogens with zero attached hydrogens (tertiary/aromatic N) is 1. The van der Waals surface area contributed by atoms with Gasteiger partial charge in [-0.3, -0.25) is 4.79 Å². The second-order valence-corrected chi connectivity index (χ2v) is 9.34. The molecule has 0 aromatic carbocycles. The molecule has 3 unspecified atom stereocenters. The van der Waals surface area contributed by atoms with Crippen LogP contribution in [0.4, 0.5) is 0 Å². The zero-order valence-corrected chi connectivity index (χ0v) is 14.8. The summed E-state index contributed by atoms with van der Waals surface area (Å²) < 4.78 is 30.7. The number of ether oxygens (including phenoxy) is 1. The second kappa shape index (κ2) is 7.30. The number of carbonyl (C=O) groups excluding carboxylic acids is 1. The van der Waals surface area contributed by atoms with E-state index in [1.807, 2.05) is 13.8 Å². The van der Waals surface area contributed by atoms with Crippen molar-refractivity contribution in [1.82, 2.24) is 4.90 Å². The van der Waals surface area contributed by atoms with Crippen LogP contribution in [-0.2, 0) is 19.4 Å². The van der Waals surface area contributed by atoms with Gasteiger partial charge in [0.2, 0.25) is 5.91 Å². The minimum atomic E-state index is -3.38. The maximum absolute atomic E-state index is 12.6. The van der Waals surface area contributed by atoms with Crippen molar-refractivity contribution in [3.63, 3.8) is 0 Å². The summed E-state index contributed by atoms with van der Waals surface area (Å²) in [5.74, 6) is 0.129. The van der Waals surface area contributed by atoms with E-state index in [-0.39, 0.29) is 29.8 Å². The summed E-state index contributed by atoms with van der Waals surface area (Å²) in [5.41, 5.74) is 0. The summed E-state index contributed by atoms with van der Waals surface area (Å²) >= 11 is 0. The van der Waals surface area contributed by atoms with Gasteiger partial charge in [0.15, 0.2) is 9.84 Å². The molecular formula is C16H29NO4S. The normalized spacial score (nSPS) is 29.3. The topological polar surface area (TPSA) is 63.7 Å². The highest BCUT2D eigenvalue weighted by Crippen LogP contribution is 2.26. The molecule has 2 rings (SSSR count). The molecule has 2 aliphatic rings. The third kappa shape index (κ3) is 4.44. The van der Waals surface area contributed by atoms with Crippen LogP contribution in [0.15, 0.2) is 0 Å². The largest absolute Gasteiger partial charge is 0.372 e. The third-order valence-corrected chi connectivity index (χ3v) is 7.03. The Balaban J connectivity index is 1.98. The van der Waals surface area contributed by atoms with E-state index in [0.29, 0.717) is 13.1 Å². The summed E-state index contributed by atoms with van der Waals surface area (Å²) in [7, 11) is -3.38. The van der Waals surface area contributed by atoms with E-state index < -0.39 is 15.1 Å². The minimum absolute atomic E-state index is 0.0408. The predicted molar refractivity (Wildman–Crippen MR) is 86.4 cm³/mol. The van der Waals surface area contributed by atoms with Crippen LogP contribution in [0.1, 0.15) is 52.9 Å². The molecule has 128 valence electrons. The minimum Gasteiger partial charge on any atom is -0.372 e. The molecule has 2 fully saturated rings. The number of carbonyl (C=O) groups is 1. The van der Waals surface area contributed by atoms with Crippen molar-refractivity contribution in [2.45, 2.75) is 70.3 Å². The van der Waals surface area contributed by atoms with Crippen LogP contribution >= 0.6 is 0 Å². The first-order chi connectivity index (χ1) is 10.3. The van der Waals surface area contributed by atoms with Crippen molar-refractivity contribution in [3.05, 3.63) is 0 Å². The van der Waals surface area contributed by atoms with E-state index in [0.717, 1.165) is 25.7 Å². The molecule has 22 heavy (non-hydrogen) atoms. The lowest BCUT2D eigenvalue weighted by molar-refractivity contribution is -0.142. The average molecular weight is 331 g/mol. The molecule has 0 N–H and O–H groups in total. The molecule has 1 saturated carbocycles. The monoisotopic (exact) mass is 331 g/mol. The molecule has 0 aromatic heterocycles. The van der Waals surface area contributed by atoms with Crippen molar-refractivity contribution >= 4 is 15.7 Å². The van der Waals surface area contributed by atoms with Crippen molar-refractivity contribution < 1.29 is 17.9 Å². The molecule has 1 aliphatic carbocycles. The molecule has 3 atom stereocenters. The lowest BCUT2D eigenvalue weighted by Crippen LogP contribution is -2.52. The number of hydrogen-bond acceptors (Lipinski definition) is 4. The predicted octanol–water partition coefficient (Wildman–Crippen LogP) is 2.01. The van der Waals surface area contributed by atoms with Crippen molar-refractivity contribution in [2.24, 2.45) is 5.92 Å². The smallest absolute Gasteiger partial charge is 0.240 e. The zero-order chi connectivity index (χ0) is 16.3. The molecule has 5 nitrogen and oxygen atoms in total. The van der Waals surface area contributed by atoms with Crippen LogP contribution in [0.5, 0.6) is 0 Å². The Morgan fingerprint density at radius 2 is 1.68 bits per heavy atom. The Hall–Kier alpha value is -0.620. The molecule has 6 heteroatoms. The van der Waals surface area contributed by atoms with E-state index in [2.05, 4.69) is 0 Å². The lowest BCUT2D eigenvalue weighted by Gasteiger charge is -2.36. The fraction of sp³-hybridized carbons (Fsp3) is 0.938. The van der Waals surface area contributed by atoms with Crippen molar-refractivity contribution in [1.29, 1.82) is 0 Å². The molecule has 1 heterocycles. The highest BCUT2D eigenvalue weighted by atomic mass is 32.2. The maximum Gasteiger partial charge on any atom is 0.240 e. The average Bonchev–Trinajstić information content (AvgIpc) is 2.45. The first-order valence-corrected chi connectivity index (χ1v) is 10.2. The number of sulfone groups is 1. The van der Waals surface area contributed by atoms with Crippen LogP contribution in [0, 0.1) is 5.92 Å². The third-order valence-electron chi connectivity index (χ3n) is 4.81. The molecule has 0 aromatic rings.